The molecule has 1 spiro atoms. The first kappa shape index (κ1) is 21.3. The molecular weight excluding hydrogens is 382 g/mol. The average molecular weight is 422 g/mol. The van der Waals surface area contributed by atoms with Gasteiger partial charge < -0.3 is 15.2 Å². The molecule has 2 fully saturated rings. The Balaban J connectivity index is 1.80. The van der Waals surface area contributed by atoms with Crippen molar-refractivity contribution in [1.82, 2.24) is 4.98 Å². The van der Waals surface area contributed by atoms with Gasteiger partial charge in [-0.15, -0.1) is 0 Å². The second kappa shape index (κ2) is 7.22. The van der Waals surface area contributed by atoms with Crippen molar-refractivity contribution in [2.75, 3.05) is 0 Å². The topological polar surface area (TPSA) is 56.2 Å². The third kappa shape index (κ3) is 2.66. The maximum atomic E-state index is 11.7. The van der Waals surface area contributed by atoms with Crippen molar-refractivity contribution in [3.05, 3.63) is 41.6 Å². The van der Waals surface area contributed by atoms with E-state index in [4.69, 9.17) is 0 Å². The summed E-state index contributed by atoms with van der Waals surface area (Å²) < 4.78 is 0. The zero-order chi connectivity index (χ0) is 22.1. The van der Waals surface area contributed by atoms with Crippen molar-refractivity contribution in [1.29, 1.82) is 0 Å². The van der Waals surface area contributed by atoms with E-state index >= 15 is 0 Å². The van der Waals surface area contributed by atoms with Crippen LogP contribution in [-0.2, 0) is 0 Å². The monoisotopic (exact) mass is 421 g/mol. The van der Waals surface area contributed by atoms with E-state index in [1.165, 1.54) is 22.0 Å². The van der Waals surface area contributed by atoms with E-state index in [9.17, 15) is 10.2 Å². The van der Waals surface area contributed by atoms with E-state index in [2.05, 4.69) is 70.1 Å². The molecule has 3 heteroatoms. The molecule has 0 amide bonds. The molecule has 1 aromatic carbocycles. The molecule has 2 saturated carbocycles. The molecule has 3 nitrogen and oxygen atoms in total. The second-order valence-electron chi connectivity index (χ2n) is 11.4. The normalized spacial score (nSPS) is 40.8. The van der Waals surface area contributed by atoms with Gasteiger partial charge in [0.25, 0.3) is 0 Å². The average Bonchev–Trinajstić information content (AvgIpc) is 3.17. The number of nitrogens with one attached hydrogen (secondary N) is 1. The maximum Gasteiger partial charge on any atom is 0.0608 e. The van der Waals surface area contributed by atoms with Crippen molar-refractivity contribution >= 4 is 16.5 Å². The van der Waals surface area contributed by atoms with Crippen molar-refractivity contribution < 1.29 is 10.2 Å². The molecule has 5 rings (SSSR count). The fraction of sp³-hybridized carbons (Fsp3) is 0.643. The Morgan fingerprint density at radius 2 is 1.81 bits per heavy atom. The van der Waals surface area contributed by atoms with Crippen LogP contribution in [0.3, 0.4) is 0 Å². The van der Waals surface area contributed by atoms with E-state index in [1.807, 2.05) is 0 Å². The van der Waals surface area contributed by atoms with Gasteiger partial charge in [-0.3, -0.25) is 0 Å². The van der Waals surface area contributed by atoms with Gasteiger partial charge in [-0.1, -0.05) is 58.4 Å². The van der Waals surface area contributed by atoms with Crippen LogP contribution in [0.25, 0.3) is 16.5 Å². The number of aliphatic hydroxyl groups is 2. The highest BCUT2D eigenvalue weighted by Gasteiger charge is 2.68. The first-order chi connectivity index (χ1) is 14.7. The summed E-state index contributed by atoms with van der Waals surface area (Å²) in [4.78, 5) is 3.52. The Labute approximate surface area is 187 Å². The van der Waals surface area contributed by atoms with Gasteiger partial charge in [-0.25, -0.2) is 0 Å². The molecule has 0 saturated heterocycles. The molecule has 0 bridgehead atoms. The van der Waals surface area contributed by atoms with Crippen LogP contribution in [0.1, 0.15) is 72.3 Å². The zero-order valence-corrected chi connectivity index (χ0v) is 19.8. The zero-order valence-electron chi connectivity index (χ0n) is 19.8. The fourth-order valence-corrected chi connectivity index (χ4v) is 8.25. The largest absolute Gasteiger partial charge is 0.393 e. The number of rotatable bonds is 2. The van der Waals surface area contributed by atoms with Gasteiger partial charge in [0.05, 0.1) is 12.2 Å². The molecule has 1 heterocycles. The van der Waals surface area contributed by atoms with Crippen LogP contribution in [0.4, 0.5) is 0 Å². The van der Waals surface area contributed by atoms with Crippen LogP contribution >= 0.6 is 0 Å². The SMILES string of the molecule is CC(C)C1=C(c2c[nH]c3ccccc23)C2C(C)CC(O)C3(C)C(C)CCC(O)C23CC1. The van der Waals surface area contributed by atoms with E-state index in [0.717, 1.165) is 32.1 Å². The third-order valence-corrected chi connectivity index (χ3v) is 9.95. The van der Waals surface area contributed by atoms with Crippen LogP contribution in [0.15, 0.2) is 36.0 Å². The number of H-pyrrole nitrogens is 1. The Hall–Kier alpha value is -1.58. The number of benzene rings is 1. The standard InChI is InChI=1S/C28H39NO2/c1-16(2)19-12-13-28-23(30)11-10-18(4)27(28,5)24(31)14-17(3)26(28)25(19)21-15-29-22-9-7-6-8-20(21)22/h6-9,15-18,23-24,26,29-31H,10-14H2,1-5H3. The van der Waals surface area contributed by atoms with Crippen LogP contribution in [0, 0.1) is 34.5 Å². The van der Waals surface area contributed by atoms with Crippen molar-refractivity contribution in [2.24, 2.45) is 34.5 Å². The summed E-state index contributed by atoms with van der Waals surface area (Å²) in [5.41, 5.74) is 4.99. The van der Waals surface area contributed by atoms with Gasteiger partial charge >= 0.3 is 0 Å². The summed E-state index contributed by atoms with van der Waals surface area (Å²) in [5.74, 6) is 1.49. The minimum absolute atomic E-state index is 0.262. The molecule has 3 N–H and O–H groups in total. The van der Waals surface area contributed by atoms with E-state index in [1.54, 1.807) is 5.57 Å². The first-order valence-electron chi connectivity index (χ1n) is 12.4. The Morgan fingerprint density at radius 1 is 1.06 bits per heavy atom. The summed E-state index contributed by atoms with van der Waals surface area (Å²) >= 11 is 0. The smallest absolute Gasteiger partial charge is 0.0608 e. The molecule has 0 radical (unpaired) electrons. The molecule has 1 aromatic heterocycles. The number of aromatic amines is 1. The number of allylic oxidation sites excluding steroid dienone is 2. The molecule has 0 aliphatic heterocycles. The molecule has 31 heavy (non-hydrogen) atoms. The number of aliphatic hydroxyl groups excluding tert-OH is 2. The lowest BCUT2D eigenvalue weighted by atomic mass is 9.37. The Bertz CT molecular complexity index is 1020. The van der Waals surface area contributed by atoms with Gasteiger partial charge in [0.2, 0.25) is 0 Å². The summed E-state index contributed by atoms with van der Waals surface area (Å²) in [6.45, 7) is 11.6. The van der Waals surface area contributed by atoms with Crippen molar-refractivity contribution in [3.63, 3.8) is 0 Å². The fourth-order valence-electron chi connectivity index (χ4n) is 8.25. The minimum atomic E-state index is -0.356. The summed E-state index contributed by atoms with van der Waals surface area (Å²) in [6, 6.07) is 8.60. The summed E-state index contributed by atoms with van der Waals surface area (Å²) in [6.07, 6.45) is 6.17. The number of fused-ring (bicyclic) bond motifs is 1. The number of hydrogen-bond acceptors (Lipinski definition) is 2. The highest BCUT2D eigenvalue weighted by molar-refractivity contribution is 5.94. The predicted octanol–water partition coefficient (Wildman–Crippen LogP) is 6.17. The number of para-hydroxylation sites is 1. The molecule has 7 atom stereocenters. The van der Waals surface area contributed by atoms with Gasteiger partial charge in [0.15, 0.2) is 0 Å². The summed E-state index contributed by atoms with van der Waals surface area (Å²) in [7, 11) is 0. The molecule has 3 aliphatic carbocycles. The molecule has 3 aliphatic rings. The molecule has 2 aromatic rings. The highest BCUT2D eigenvalue weighted by atomic mass is 16.3. The molecular formula is C28H39NO2. The van der Waals surface area contributed by atoms with Crippen molar-refractivity contribution in [2.45, 2.75) is 78.9 Å². The highest BCUT2D eigenvalue weighted by Crippen LogP contribution is 2.71. The lowest BCUT2D eigenvalue weighted by Crippen LogP contribution is -2.68. The minimum Gasteiger partial charge on any atom is -0.393 e. The first-order valence-corrected chi connectivity index (χ1v) is 12.4. The van der Waals surface area contributed by atoms with Gasteiger partial charge in [0, 0.05) is 33.5 Å². The van der Waals surface area contributed by atoms with Crippen LogP contribution in [-0.4, -0.2) is 27.4 Å². The third-order valence-electron chi connectivity index (χ3n) is 9.95. The summed E-state index contributed by atoms with van der Waals surface area (Å²) in [5, 5.41) is 24.5. The van der Waals surface area contributed by atoms with Crippen molar-refractivity contribution in [3.8, 4) is 0 Å². The Kier molecular flexibility index (Phi) is 4.95. The molecule has 168 valence electrons. The quantitative estimate of drug-likeness (QED) is 0.543. The van der Waals surface area contributed by atoms with E-state index in [-0.39, 0.29) is 29.0 Å². The van der Waals surface area contributed by atoms with Crippen LogP contribution < -0.4 is 0 Å². The Morgan fingerprint density at radius 3 is 2.55 bits per heavy atom. The lowest BCUT2D eigenvalue weighted by Gasteiger charge is -2.68. The van der Waals surface area contributed by atoms with Crippen LogP contribution in [0.2, 0.25) is 0 Å². The maximum absolute atomic E-state index is 11.7. The lowest BCUT2D eigenvalue weighted by molar-refractivity contribution is -0.240. The van der Waals surface area contributed by atoms with E-state index in [0.29, 0.717) is 17.8 Å². The predicted molar refractivity (Wildman–Crippen MR) is 128 cm³/mol. The van der Waals surface area contributed by atoms with Gasteiger partial charge in [-0.2, -0.15) is 0 Å². The molecule has 7 unspecified atom stereocenters. The van der Waals surface area contributed by atoms with Crippen LogP contribution in [0.5, 0.6) is 0 Å². The number of aromatic nitrogens is 1. The second-order valence-corrected chi connectivity index (χ2v) is 11.4. The van der Waals surface area contributed by atoms with Gasteiger partial charge in [0.1, 0.15) is 0 Å². The number of hydrogen-bond donors (Lipinski definition) is 3. The van der Waals surface area contributed by atoms with E-state index < -0.39 is 0 Å². The van der Waals surface area contributed by atoms with Gasteiger partial charge in [-0.05, 0) is 67.4 Å².